The molecule has 12 nitrogen and oxygen atoms in total. The number of aliphatic hydroxyl groups is 6. The molecule has 0 bridgehead atoms. The molecule has 3 atom stereocenters. The lowest BCUT2D eigenvalue weighted by molar-refractivity contribution is 0.0404. The van der Waals surface area contributed by atoms with Crippen LogP contribution in [0, 0.1) is 0 Å². The third-order valence-corrected chi connectivity index (χ3v) is 2.42. The second-order valence-corrected chi connectivity index (χ2v) is 4.63. The highest BCUT2D eigenvalue weighted by molar-refractivity contribution is 5.09. The summed E-state index contributed by atoms with van der Waals surface area (Å²) in [6.07, 6.45) is -3.45. The molecule has 0 saturated heterocycles. The largest absolute Gasteiger partial charge is 0.460 e. The van der Waals surface area contributed by atoms with E-state index in [1.165, 1.54) is 0 Å². The maximum Gasteiger partial charge on any atom is 0.325 e. The highest BCUT2D eigenvalue weighted by Gasteiger charge is 2.14. The lowest BCUT2D eigenvalue weighted by atomic mass is 10.4. The van der Waals surface area contributed by atoms with Crippen molar-refractivity contribution >= 4 is 0 Å². The van der Waals surface area contributed by atoms with E-state index >= 15 is 0 Å². The number of hydrogen-bond acceptors (Lipinski definition) is 12. The molecule has 0 aliphatic carbocycles. The van der Waals surface area contributed by atoms with Gasteiger partial charge in [0.05, 0.1) is 19.8 Å². The Hall–Kier alpha value is -1.83. The van der Waals surface area contributed by atoms with Gasteiger partial charge < -0.3 is 44.8 Å². The molecular weight excluding hydrogens is 330 g/mol. The van der Waals surface area contributed by atoms with Gasteiger partial charge in [0.2, 0.25) is 0 Å². The quantitative estimate of drug-likeness (QED) is 0.215. The number of aromatic nitrogens is 3. The zero-order chi connectivity index (χ0) is 17.9. The van der Waals surface area contributed by atoms with Gasteiger partial charge in [0, 0.05) is 0 Å². The molecule has 0 aliphatic rings. The van der Waals surface area contributed by atoms with E-state index in [9.17, 15) is 15.3 Å². The second-order valence-electron chi connectivity index (χ2n) is 4.63. The number of aliphatic hydroxyl groups excluding tert-OH is 6. The van der Waals surface area contributed by atoms with Crippen molar-refractivity contribution in [1.82, 2.24) is 15.0 Å². The Bertz CT molecular complexity index is 400. The van der Waals surface area contributed by atoms with E-state index in [2.05, 4.69) is 15.0 Å². The van der Waals surface area contributed by atoms with E-state index in [-0.39, 0.29) is 37.9 Å². The summed E-state index contributed by atoms with van der Waals surface area (Å²) < 4.78 is 15.2. The van der Waals surface area contributed by atoms with Gasteiger partial charge >= 0.3 is 18.0 Å². The first kappa shape index (κ1) is 20.2. The van der Waals surface area contributed by atoms with E-state index in [4.69, 9.17) is 29.5 Å². The van der Waals surface area contributed by atoms with Crippen molar-refractivity contribution in [2.24, 2.45) is 0 Å². The minimum atomic E-state index is -1.15. The van der Waals surface area contributed by atoms with Crippen LogP contribution >= 0.6 is 0 Å². The van der Waals surface area contributed by atoms with E-state index in [1.54, 1.807) is 0 Å². The molecule has 0 aromatic carbocycles. The minimum Gasteiger partial charge on any atom is -0.460 e. The van der Waals surface area contributed by atoms with Crippen LogP contribution in [0.1, 0.15) is 0 Å². The standard InChI is InChI=1S/C12H21N3O9/c16-1-7(19)4-22-10-13-11(23-5-8(20)2-17)15-12(14-10)24-6-9(21)3-18/h7-9,16-21H,1-6H2. The van der Waals surface area contributed by atoms with Crippen LogP contribution < -0.4 is 14.2 Å². The van der Waals surface area contributed by atoms with Gasteiger partial charge in [-0.3, -0.25) is 0 Å². The first-order chi connectivity index (χ1) is 11.5. The number of rotatable bonds is 12. The summed E-state index contributed by atoms with van der Waals surface area (Å²) in [6.45, 7) is -2.50. The zero-order valence-electron chi connectivity index (χ0n) is 12.7. The van der Waals surface area contributed by atoms with Crippen LogP contribution in [-0.4, -0.2) is 104 Å². The molecule has 0 spiro atoms. The van der Waals surface area contributed by atoms with Crippen molar-refractivity contribution in [3.05, 3.63) is 0 Å². The normalized spacial score (nSPS) is 14.8. The maximum atomic E-state index is 9.24. The highest BCUT2D eigenvalue weighted by atomic mass is 16.5. The van der Waals surface area contributed by atoms with E-state index in [0.717, 1.165) is 0 Å². The Balaban J connectivity index is 2.79. The van der Waals surface area contributed by atoms with Crippen LogP contribution in [0.3, 0.4) is 0 Å². The van der Waals surface area contributed by atoms with Gasteiger partial charge in [0.15, 0.2) is 0 Å². The van der Waals surface area contributed by atoms with Crippen LogP contribution in [0.25, 0.3) is 0 Å². The average molecular weight is 351 g/mol. The molecule has 0 radical (unpaired) electrons. The van der Waals surface area contributed by atoms with Crippen LogP contribution in [0.2, 0.25) is 0 Å². The molecule has 0 amide bonds. The van der Waals surface area contributed by atoms with Crippen molar-refractivity contribution in [3.8, 4) is 18.0 Å². The molecule has 138 valence electrons. The van der Waals surface area contributed by atoms with Crippen molar-refractivity contribution in [3.63, 3.8) is 0 Å². The first-order valence-electron chi connectivity index (χ1n) is 6.99. The minimum absolute atomic E-state index is 0.292. The fourth-order valence-corrected chi connectivity index (χ4v) is 1.18. The van der Waals surface area contributed by atoms with Crippen LogP contribution in [0.4, 0.5) is 0 Å². The van der Waals surface area contributed by atoms with Crippen molar-refractivity contribution in [2.45, 2.75) is 18.3 Å². The van der Waals surface area contributed by atoms with Gasteiger partial charge in [-0.25, -0.2) is 0 Å². The van der Waals surface area contributed by atoms with Gasteiger partial charge in [-0.1, -0.05) is 0 Å². The maximum absolute atomic E-state index is 9.24. The number of nitrogens with zero attached hydrogens (tertiary/aromatic N) is 3. The van der Waals surface area contributed by atoms with Gasteiger partial charge in [-0.2, -0.15) is 0 Å². The van der Waals surface area contributed by atoms with Crippen LogP contribution in [-0.2, 0) is 0 Å². The Labute approximate surface area is 136 Å². The average Bonchev–Trinajstić information content (AvgIpc) is 2.61. The summed E-state index contributed by atoms with van der Waals surface area (Å²) in [5.41, 5.74) is 0. The lowest BCUT2D eigenvalue weighted by Crippen LogP contribution is -2.24. The first-order valence-corrected chi connectivity index (χ1v) is 6.99. The Morgan fingerprint density at radius 2 is 0.833 bits per heavy atom. The molecule has 1 rings (SSSR count). The topological polar surface area (TPSA) is 188 Å². The Morgan fingerprint density at radius 3 is 1.04 bits per heavy atom. The third kappa shape index (κ3) is 7.63. The summed E-state index contributed by atoms with van der Waals surface area (Å²) >= 11 is 0. The second kappa shape index (κ2) is 10.9. The predicted molar refractivity (Wildman–Crippen MR) is 75.6 cm³/mol. The zero-order valence-corrected chi connectivity index (χ0v) is 12.7. The van der Waals surface area contributed by atoms with Crippen molar-refractivity contribution < 1.29 is 44.8 Å². The van der Waals surface area contributed by atoms with Gasteiger partial charge in [-0.05, 0) is 0 Å². The molecule has 1 heterocycles. The van der Waals surface area contributed by atoms with Crippen LogP contribution in [0.15, 0.2) is 0 Å². The molecule has 1 aromatic heterocycles. The van der Waals surface area contributed by atoms with Gasteiger partial charge in [0.1, 0.15) is 38.1 Å². The Kier molecular flexibility index (Phi) is 9.14. The predicted octanol–water partition coefficient (Wildman–Crippen LogP) is -3.93. The third-order valence-electron chi connectivity index (χ3n) is 2.42. The molecule has 6 N–H and O–H groups in total. The smallest absolute Gasteiger partial charge is 0.325 e. The molecule has 24 heavy (non-hydrogen) atoms. The van der Waals surface area contributed by atoms with Crippen molar-refractivity contribution in [2.75, 3.05) is 39.6 Å². The monoisotopic (exact) mass is 351 g/mol. The number of ether oxygens (including phenoxy) is 3. The molecular formula is C12H21N3O9. The van der Waals surface area contributed by atoms with Crippen molar-refractivity contribution in [1.29, 1.82) is 0 Å². The summed E-state index contributed by atoms with van der Waals surface area (Å²) in [4.78, 5) is 11.2. The Morgan fingerprint density at radius 1 is 0.583 bits per heavy atom. The van der Waals surface area contributed by atoms with Gasteiger partial charge in [-0.15, -0.1) is 15.0 Å². The van der Waals surface area contributed by atoms with E-state index in [0.29, 0.717) is 0 Å². The van der Waals surface area contributed by atoms with Gasteiger partial charge in [0.25, 0.3) is 0 Å². The molecule has 3 unspecified atom stereocenters. The highest BCUT2D eigenvalue weighted by Crippen LogP contribution is 2.15. The molecule has 0 fully saturated rings. The summed E-state index contributed by atoms with van der Waals surface area (Å²) in [5.74, 6) is 0. The molecule has 0 saturated carbocycles. The van der Waals surface area contributed by atoms with Crippen LogP contribution in [0.5, 0.6) is 18.0 Å². The summed E-state index contributed by atoms with van der Waals surface area (Å²) in [5, 5.41) is 53.9. The van der Waals surface area contributed by atoms with E-state index < -0.39 is 38.1 Å². The molecule has 1 aromatic rings. The fourth-order valence-electron chi connectivity index (χ4n) is 1.18. The van der Waals surface area contributed by atoms with E-state index in [1.807, 2.05) is 0 Å². The summed E-state index contributed by atoms with van der Waals surface area (Å²) in [7, 11) is 0. The SMILES string of the molecule is OCC(O)COc1nc(OCC(O)CO)nc(OCC(O)CO)n1. The molecule has 12 heteroatoms. The number of hydrogen-bond donors (Lipinski definition) is 6. The lowest BCUT2D eigenvalue weighted by Gasteiger charge is -2.13. The fraction of sp³-hybridized carbons (Fsp3) is 0.750. The summed E-state index contributed by atoms with van der Waals surface area (Å²) in [6, 6.07) is -0.876. The molecule has 0 aliphatic heterocycles.